The molecule has 1 saturated heterocycles. The summed E-state index contributed by atoms with van der Waals surface area (Å²) < 4.78 is 55.6. The van der Waals surface area contributed by atoms with Crippen molar-refractivity contribution in [1.82, 2.24) is 15.5 Å². The first-order valence-electron chi connectivity index (χ1n) is 9.47. The maximum atomic E-state index is 13.8. The molecular formula is C19H29F4IN4O. The van der Waals surface area contributed by atoms with Crippen molar-refractivity contribution in [3.8, 4) is 5.75 Å². The first-order chi connectivity index (χ1) is 13.3. The number of methoxy groups -OCH3 is 1. The average molecular weight is 532 g/mol. The number of rotatable bonds is 7. The summed E-state index contributed by atoms with van der Waals surface area (Å²) in [6.45, 7) is 4.44. The number of nitrogens with one attached hydrogen (secondary N) is 2. The predicted molar refractivity (Wildman–Crippen MR) is 116 cm³/mol. The molecule has 0 aromatic heterocycles. The Morgan fingerprint density at radius 3 is 2.52 bits per heavy atom. The van der Waals surface area contributed by atoms with Gasteiger partial charge < -0.3 is 15.4 Å². The molecule has 5 nitrogen and oxygen atoms in total. The van der Waals surface area contributed by atoms with Gasteiger partial charge in [-0.3, -0.25) is 9.89 Å². The molecule has 29 heavy (non-hydrogen) atoms. The van der Waals surface area contributed by atoms with E-state index in [4.69, 9.17) is 4.74 Å². The summed E-state index contributed by atoms with van der Waals surface area (Å²) in [6, 6.07) is 5.11. The number of likely N-dealkylation sites (tertiary alicyclic amines) is 1. The second kappa shape index (κ2) is 12.4. The Balaban J connectivity index is 0.00000420. The Hall–Kier alpha value is -1.30. The minimum absolute atomic E-state index is 0. The molecule has 2 N–H and O–H groups in total. The van der Waals surface area contributed by atoms with Crippen LogP contribution < -0.4 is 15.4 Å². The zero-order valence-corrected chi connectivity index (χ0v) is 19.0. The fourth-order valence-electron chi connectivity index (χ4n) is 3.11. The minimum Gasteiger partial charge on any atom is -0.494 e. The maximum Gasteiger partial charge on any atom is 0.390 e. The van der Waals surface area contributed by atoms with E-state index in [0.29, 0.717) is 19.0 Å². The number of guanidine groups is 1. The van der Waals surface area contributed by atoms with Crippen LogP contribution in [0.4, 0.5) is 17.6 Å². The molecule has 0 amide bonds. The topological polar surface area (TPSA) is 48.9 Å². The van der Waals surface area contributed by atoms with Gasteiger partial charge in [-0.15, -0.1) is 24.0 Å². The molecule has 0 aliphatic carbocycles. The lowest BCUT2D eigenvalue weighted by Gasteiger charge is -2.33. The molecule has 1 aromatic rings. The summed E-state index contributed by atoms with van der Waals surface area (Å²) in [5.74, 6) is 0.275. The van der Waals surface area contributed by atoms with Crippen molar-refractivity contribution in [2.24, 2.45) is 4.99 Å². The molecule has 0 unspecified atom stereocenters. The Labute approximate surface area is 186 Å². The van der Waals surface area contributed by atoms with E-state index in [9.17, 15) is 17.6 Å². The predicted octanol–water partition coefficient (Wildman–Crippen LogP) is 3.92. The van der Waals surface area contributed by atoms with Gasteiger partial charge in [-0.1, -0.05) is 6.07 Å². The van der Waals surface area contributed by atoms with Gasteiger partial charge in [-0.05, 0) is 37.5 Å². The molecule has 0 saturated carbocycles. The van der Waals surface area contributed by atoms with Gasteiger partial charge in [0.1, 0.15) is 0 Å². The number of benzene rings is 1. The van der Waals surface area contributed by atoms with Gasteiger partial charge in [0, 0.05) is 32.2 Å². The minimum atomic E-state index is -4.20. The molecule has 1 aliphatic rings. The third-order valence-corrected chi connectivity index (χ3v) is 4.56. The van der Waals surface area contributed by atoms with Crippen LogP contribution in [0, 0.1) is 5.82 Å². The van der Waals surface area contributed by atoms with Gasteiger partial charge >= 0.3 is 6.18 Å². The summed E-state index contributed by atoms with van der Waals surface area (Å²) in [6.07, 6.45) is -3.46. The number of alkyl halides is 3. The van der Waals surface area contributed by atoms with Crippen LogP contribution in [0.2, 0.25) is 0 Å². The van der Waals surface area contributed by atoms with E-state index < -0.39 is 12.6 Å². The van der Waals surface area contributed by atoms with E-state index >= 15 is 0 Å². The second-order valence-electron chi connectivity index (χ2n) is 6.79. The first-order valence-corrected chi connectivity index (χ1v) is 9.47. The van der Waals surface area contributed by atoms with E-state index in [1.807, 2.05) is 13.0 Å². The molecule has 1 aliphatic heterocycles. The zero-order valence-electron chi connectivity index (χ0n) is 16.7. The highest BCUT2D eigenvalue weighted by atomic mass is 127. The number of nitrogens with zero attached hydrogens (tertiary/aromatic N) is 2. The first kappa shape index (κ1) is 25.7. The number of hydrogen-bond acceptors (Lipinski definition) is 3. The van der Waals surface area contributed by atoms with E-state index in [1.165, 1.54) is 13.2 Å². The third-order valence-electron chi connectivity index (χ3n) is 4.56. The van der Waals surface area contributed by atoms with Crippen LogP contribution >= 0.6 is 24.0 Å². The molecule has 1 heterocycles. The van der Waals surface area contributed by atoms with Gasteiger partial charge in [-0.25, -0.2) is 4.39 Å². The molecular weight excluding hydrogens is 503 g/mol. The van der Waals surface area contributed by atoms with Crippen molar-refractivity contribution in [3.05, 3.63) is 29.6 Å². The van der Waals surface area contributed by atoms with Gasteiger partial charge in [-0.2, -0.15) is 13.2 Å². The Morgan fingerprint density at radius 1 is 1.28 bits per heavy atom. The highest BCUT2D eigenvalue weighted by Crippen LogP contribution is 2.21. The second-order valence-corrected chi connectivity index (χ2v) is 6.79. The molecule has 1 fully saturated rings. The average Bonchev–Trinajstić information content (AvgIpc) is 2.62. The van der Waals surface area contributed by atoms with Gasteiger partial charge in [0.05, 0.1) is 20.1 Å². The van der Waals surface area contributed by atoms with Crippen molar-refractivity contribution in [3.63, 3.8) is 0 Å². The zero-order chi connectivity index (χ0) is 20.6. The van der Waals surface area contributed by atoms with Gasteiger partial charge in [0.15, 0.2) is 17.5 Å². The smallest absolute Gasteiger partial charge is 0.390 e. The summed E-state index contributed by atoms with van der Waals surface area (Å²) >= 11 is 0. The molecule has 0 radical (unpaired) electrons. The van der Waals surface area contributed by atoms with Crippen LogP contribution in [0.25, 0.3) is 0 Å². The molecule has 10 heteroatoms. The highest BCUT2D eigenvalue weighted by molar-refractivity contribution is 14.0. The van der Waals surface area contributed by atoms with Crippen molar-refractivity contribution in [2.75, 3.05) is 33.3 Å². The SMILES string of the molecule is CCNC(=NCCC(F)(F)F)NC1CCN(Cc2ccc(OC)c(F)c2)CC1.I. The normalized spacial score (nSPS) is 16.3. The Morgan fingerprint density at radius 2 is 1.97 bits per heavy atom. The summed E-state index contributed by atoms with van der Waals surface area (Å²) in [7, 11) is 1.43. The van der Waals surface area contributed by atoms with Crippen molar-refractivity contribution >= 4 is 29.9 Å². The van der Waals surface area contributed by atoms with Gasteiger partial charge in [0.2, 0.25) is 0 Å². The lowest BCUT2D eigenvalue weighted by Crippen LogP contribution is -2.48. The van der Waals surface area contributed by atoms with Gasteiger partial charge in [0.25, 0.3) is 0 Å². The molecule has 0 atom stereocenters. The van der Waals surface area contributed by atoms with E-state index in [1.54, 1.807) is 6.07 Å². The number of ether oxygens (including phenoxy) is 1. The van der Waals surface area contributed by atoms with Crippen LogP contribution in [0.15, 0.2) is 23.2 Å². The molecule has 0 bridgehead atoms. The van der Waals surface area contributed by atoms with Crippen LogP contribution in [-0.2, 0) is 6.54 Å². The largest absolute Gasteiger partial charge is 0.494 e. The number of halogens is 5. The molecule has 0 spiro atoms. The number of piperidine rings is 1. The molecule has 166 valence electrons. The van der Waals surface area contributed by atoms with Crippen LogP contribution in [0.1, 0.15) is 31.7 Å². The van der Waals surface area contributed by atoms with E-state index in [-0.39, 0.29) is 48.1 Å². The summed E-state index contributed by atoms with van der Waals surface area (Å²) in [5, 5.41) is 6.21. The Bertz CT molecular complexity index is 650. The van der Waals surface area contributed by atoms with Crippen LogP contribution in [0.5, 0.6) is 5.75 Å². The number of aliphatic imine (C=N–C) groups is 1. The fourth-order valence-corrected chi connectivity index (χ4v) is 3.11. The van der Waals surface area contributed by atoms with E-state index in [0.717, 1.165) is 31.5 Å². The fraction of sp³-hybridized carbons (Fsp3) is 0.632. The lowest BCUT2D eigenvalue weighted by atomic mass is 10.0. The van der Waals surface area contributed by atoms with Crippen LogP contribution in [-0.4, -0.2) is 56.4 Å². The molecule has 2 rings (SSSR count). The van der Waals surface area contributed by atoms with Crippen molar-refractivity contribution in [2.45, 2.75) is 44.9 Å². The third kappa shape index (κ3) is 9.37. The Kier molecular flexibility index (Phi) is 11.0. The quantitative estimate of drug-likeness (QED) is 0.242. The maximum absolute atomic E-state index is 13.8. The summed E-state index contributed by atoms with van der Waals surface area (Å²) in [4.78, 5) is 6.24. The lowest BCUT2D eigenvalue weighted by molar-refractivity contribution is -0.132. The highest BCUT2D eigenvalue weighted by Gasteiger charge is 2.26. The van der Waals surface area contributed by atoms with Crippen molar-refractivity contribution < 1.29 is 22.3 Å². The summed E-state index contributed by atoms with van der Waals surface area (Å²) in [5.41, 5.74) is 0.881. The molecule has 1 aromatic carbocycles. The van der Waals surface area contributed by atoms with E-state index in [2.05, 4.69) is 20.5 Å². The number of hydrogen-bond donors (Lipinski definition) is 2. The van der Waals surface area contributed by atoms with Crippen LogP contribution in [0.3, 0.4) is 0 Å². The standard InChI is InChI=1S/C19H28F4N4O.HI/c1-3-24-18(25-9-8-19(21,22)23)26-15-6-10-27(11-7-15)13-14-4-5-17(28-2)16(20)12-14;/h4-5,12,15H,3,6-11,13H2,1-2H3,(H2,24,25,26);1H. The monoisotopic (exact) mass is 532 g/mol. The van der Waals surface area contributed by atoms with Crippen molar-refractivity contribution in [1.29, 1.82) is 0 Å².